The molecule has 1 aromatic heterocycles. The van der Waals surface area contributed by atoms with E-state index in [4.69, 9.17) is 4.74 Å². The molecule has 300 valence electrons. The van der Waals surface area contributed by atoms with Gasteiger partial charge in [-0.15, -0.1) is 0 Å². The largest absolute Gasteiger partial charge is 0.466 e. The first-order chi connectivity index (χ1) is 24.9. The highest BCUT2D eigenvalue weighted by atomic mass is 19.4. The Morgan fingerprint density at radius 1 is 1.02 bits per heavy atom. The van der Waals surface area contributed by atoms with Crippen LogP contribution in [0.5, 0.6) is 0 Å². The van der Waals surface area contributed by atoms with Crippen molar-refractivity contribution in [3.05, 3.63) is 85.6 Å². The number of rotatable bonds is 15. The Morgan fingerprint density at radius 2 is 1.65 bits per heavy atom. The number of carbonyl (C=O) groups is 2. The third kappa shape index (κ3) is 11.0. The fraction of sp³-hybridized carbons (Fsp3) is 0.564. The normalized spacial score (nSPS) is 17.9. The molecule has 2 aromatic rings. The maximum atomic E-state index is 16.7. The number of hydrogen-bond donors (Lipinski definition) is 1. The molecule has 15 heteroatoms. The van der Waals surface area contributed by atoms with Crippen LogP contribution in [0.2, 0.25) is 0 Å². The first kappa shape index (κ1) is 44.4. The van der Waals surface area contributed by atoms with Gasteiger partial charge in [-0.05, 0) is 94.5 Å². The monoisotopic (exact) mass is 775 g/mol. The van der Waals surface area contributed by atoms with Crippen LogP contribution in [0.15, 0.2) is 46.4 Å². The highest BCUT2D eigenvalue weighted by Crippen LogP contribution is 2.43. The predicted molar refractivity (Wildman–Crippen MR) is 190 cm³/mol. The zero-order valence-corrected chi connectivity index (χ0v) is 31.8. The molecular weight excluding hydrogens is 726 g/mol. The Kier molecular flexibility index (Phi) is 14.5. The Balaban J connectivity index is 2.26. The molecule has 0 aliphatic heterocycles. The molecule has 54 heavy (non-hydrogen) atoms. The third-order valence-electron chi connectivity index (χ3n) is 9.41. The summed E-state index contributed by atoms with van der Waals surface area (Å²) in [6, 6.07) is -1.85. The molecule has 1 aliphatic rings. The van der Waals surface area contributed by atoms with E-state index >= 15 is 4.39 Å². The quantitative estimate of drug-likeness (QED) is 0.144. The molecule has 3 rings (SSSR count). The summed E-state index contributed by atoms with van der Waals surface area (Å²) in [5.41, 5.74) is -6.51. The topological polar surface area (TPSA) is 80.6 Å². The summed E-state index contributed by atoms with van der Waals surface area (Å²) in [6.45, 7) is 13.8. The molecule has 1 heterocycles. The lowest BCUT2D eigenvalue weighted by Gasteiger charge is -2.29. The second kappa shape index (κ2) is 17.6. The van der Waals surface area contributed by atoms with Crippen molar-refractivity contribution >= 4 is 17.4 Å². The molecule has 1 aliphatic carbocycles. The van der Waals surface area contributed by atoms with Gasteiger partial charge in [-0.1, -0.05) is 33.3 Å². The van der Waals surface area contributed by atoms with Gasteiger partial charge in [0.05, 0.1) is 30.2 Å². The van der Waals surface area contributed by atoms with Crippen LogP contribution in [-0.2, 0) is 33.1 Å². The number of nitrogens with one attached hydrogen (secondary N) is 1. The summed E-state index contributed by atoms with van der Waals surface area (Å²) in [5, 5.41) is 2.44. The van der Waals surface area contributed by atoms with Crippen molar-refractivity contribution in [3.63, 3.8) is 0 Å². The van der Waals surface area contributed by atoms with Crippen LogP contribution in [0.4, 0.5) is 35.1 Å². The first-order valence-corrected chi connectivity index (χ1v) is 17.9. The molecule has 0 radical (unpaired) electrons. The number of likely N-dealkylation sites (N-methyl/N-ethyl adjacent to an activating group) is 1. The molecule has 1 aromatic carbocycles. The van der Waals surface area contributed by atoms with E-state index in [-0.39, 0.29) is 60.6 Å². The van der Waals surface area contributed by atoms with E-state index in [1.165, 1.54) is 33.8 Å². The Bertz CT molecular complexity index is 1800. The maximum Gasteiger partial charge on any atom is 0.416 e. The molecule has 0 fully saturated rings. The van der Waals surface area contributed by atoms with Gasteiger partial charge in [0.1, 0.15) is 17.5 Å². The lowest BCUT2D eigenvalue weighted by molar-refractivity contribution is -0.144. The molecule has 0 saturated heterocycles. The van der Waals surface area contributed by atoms with E-state index < -0.39 is 82.0 Å². The second-order valence-electron chi connectivity index (χ2n) is 14.3. The van der Waals surface area contributed by atoms with E-state index in [1.807, 2.05) is 18.7 Å². The lowest BCUT2D eigenvalue weighted by atomic mass is 9.80. The molecule has 1 amide bonds. The van der Waals surface area contributed by atoms with E-state index in [1.54, 1.807) is 13.8 Å². The zero-order valence-electron chi connectivity index (χ0n) is 31.8. The molecule has 0 saturated carbocycles. The molecule has 7 nitrogen and oxygen atoms in total. The Morgan fingerprint density at radius 3 is 2.17 bits per heavy atom. The average molecular weight is 776 g/mol. The number of pyridine rings is 1. The van der Waals surface area contributed by atoms with Crippen molar-refractivity contribution in [2.24, 2.45) is 5.92 Å². The Labute approximate surface area is 310 Å². The van der Waals surface area contributed by atoms with Gasteiger partial charge >= 0.3 is 18.3 Å². The molecule has 3 atom stereocenters. The number of esters is 1. The standard InChI is InChI=1S/C39H49F8N3O4/c1-9-49(10-2)13-12-25-21-50(32(51)17-29(25)39(45,46)47)31(14-22(4)5)36(53)48-30(18-33(52)54-11-3)27-15-26(38(42,43)44)16-28(35(27)40)34-23(6)19-37(8,41)20-24(34)7/h15-17,19,21-22,30-31H,9-14,18,20H2,1-8H3,(H,48,53). The van der Waals surface area contributed by atoms with Gasteiger partial charge in [-0.2, -0.15) is 26.3 Å². The molecule has 0 bridgehead atoms. The number of alkyl halides is 7. The van der Waals surface area contributed by atoms with Gasteiger partial charge in [-0.3, -0.25) is 14.4 Å². The average Bonchev–Trinajstić information content (AvgIpc) is 3.03. The van der Waals surface area contributed by atoms with Gasteiger partial charge in [0.15, 0.2) is 0 Å². The number of allylic oxidation sites excluding steroid dienone is 4. The predicted octanol–water partition coefficient (Wildman–Crippen LogP) is 9.16. The highest BCUT2D eigenvalue weighted by molar-refractivity contribution is 5.84. The molecule has 0 spiro atoms. The number of halogens is 8. The van der Waals surface area contributed by atoms with Gasteiger partial charge < -0.3 is 19.5 Å². The lowest BCUT2D eigenvalue weighted by Crippen LogP contribution is -2.41. The fourth-order valence-corrected chi connectivity index (χ4v) is 7.01. The number of benzene rings is 1. The molecular formula is C39H49F8N3O4. The number of amides is 1. The summed E-state index contributed by atoms with van der Waals surface area (Å²) >= 11 is 0. The van der Waals surface area contributed by atoms with Gasteiger partial charge in [0.2, 0.25) is 5.91 Å². The highest BCUT2D eigenvalue weighted by Gasteiger charge is 2.39. The summed E-state index contributed by atoms with van der Waals surface area (Å²) < 4.78 is 123. The minimum atomic E-state index is -5.03. The second-order valence-corrected chi connectivity index (χ2v) is 14.3. The van der Waals surface area contributed by atoms with Crippen molar-refractivity contribution in [1.29, 1.82) is 0 Å². The van der Waals surface area contributed by atoms with Gasteiger partial charge in [0.25, 0.3) is 5.56 Å². The summed E-state index contributed by atoms with van der Waals surface area (Å²) in [4.78, 5) is 42.3. The van der Waals surface area contributed by atoms with Crippen LogP contribution in [-0.4, -0.2) is 53.3 Å². The van der Waals surface area contributed by atoms with E-state index in [9.17, 15) is 45.1 Å². The van der Waals surface area contributed by atoms with Crippen molar-refractivity contribution in [3.8, 4) is 0 Å². The van der Waals surface area contributed by atoms with E-state index in [0.29, 0.717) is 31.3 Å². The number of ether oxygens (including phenoxy) is 1. The first-order valence-electron chi connectivity index (χ1n) is 17.9. The fourth-order valence-electron chi connectivity index (χ4n) is 7.01. The number of carbonyl (C=O) groups excluding carboxylic acids is 2. The maximum absolute atomic E-state index is 16.7. The van der Waals surface area contributed by atoms with E-state index in [2.05, 4.69) is 5.32 Å². The van der Waals surface area contributed by atoms with Gasteiger partial charge in [-0.25, -0.2) is 8.78 Å². The van der Waals surface area contributed by atoms with E-state index in [0.717, 1.165) is 10.8 Å². The third-order valence-corrected chi connectivity index (χ3v) is 9.41. The molecule has 1 N–H and O–H groups in total. The number of aromatic nitrogens is 1. The molecule has 3 unspecified atom stereocenters. The van der Waals surface area contributed by atoms with Crippen LogP contribution in [0.1, 0.15) is 115 Å². The zero-order chi connectivity index (χ0) is 40.9. The van der Waals surface area contributed by atoms with Crippen molar-refractivity contribution in [2.75, 3.05) is 26.2 Å². The SMILES string of the molecule is CCOC(=O)CC(NC(=O)C(CC(C)C)n1cc(CCN(CC)CC)c(C(F)(F)F)cc1=O)c1cc(C(F)(F)F)cc(C2=C(C)CC(C)(F)C=C2C)c1F. The van der Waals surface area contributed by atoms with Crippen molar-refractivity contribution in [1.82, 2.24) is 14.8 Å². The van der Waals surface area contributed by atoms with Crippen LogP contribution in [0.25, 0.3) is 5.57 Å². The number of hydrogen-bond acceptors (Lipinski definition) is 5. The van der Waals surface area contributed by atoms with Crippen molar-refractivity contribution in [2.45, 2.75) is 111 Å². The van der Waals surface area contributed by atoms with Crippen molar-refractivity contribution < 1.29 is 49.4 Å². The summed E-state index contributed by atoms with van der Waals surface area (Å²) in [7, 11) is 0. The van der Waals surface area contributed by atoms with Crippen LogP contribution >= 0.6 is 0 Å². The smallest absolute Gasteiger partial charge is 0.416 e. The van der Waals surface area contributed by atoms with Crippen LogP contribution in [0, 0.1) is 11.7 Å². The minimum absolute atomic E-state index is 0.0300. The number of nitrogens with zero attached hydrogens (tertiary/aromatic N) is 2. The van der Waals surface area contributed by atoms with Crippen LogP contribution < -0.4 is 10.9 Å². The summed E-state index contributed by atoms with van der Waals surface area (Å²) in [5.74, 6) is -3.60. The Hall–Kier alpha value is -4.01. The summed E-state index contributed by atoms with van der Waals surface area (Å²) in [6.07, 6.45) is -9.08. The van der Waals surface area contributed by atoms with Crippen LogP contribution in [0.3, 0.4) is 0 Å². The minimum Gasteiger partial charge on any atom is -0.466 e. The van der Waals surface area contributed by atoms with Gasteiger partial charge in [0, 0.05) is 36.4 Å².